The van der Waals surface area contributed by atoms with Crippen LogP contribution >= 0.6 is 11.3 Å². The van der Waals surface area contributed by atoms with Crippen molar-refractivity contribution in [3.05, 3.63) is 95.1 Å². The van der Waals surface area contributed by atoms with Gasteiger partial charge in [0.1, 0.15) is 17.3 Å². The third kappa shape index (κ3) is 4.01. The number of carbonyl (C=O) groups excluding carboxylic acids is 2. The molecule has 0 spiro atoms. The number of hydrogen-bond acceptors (Lipinski definition) is 5. The average Bonchev–Trinajstić information content (AvgIpc) is 3.55. The quantitative estimate of drug-likeness (QED) is 0.357. The lowest BCUT2D eigenvalue weighted by Gasteiger charge is -2.11. The Kier molecular flexibility index (Phi) is 5.23. The van der Waals surface area contributed by atoms with Gasteiger partial charge >= 0.3 is 0 Å². The smallest absolute Gasteiger partial charge is 0.291 e. The number of imidazole rings is 1. The number of halogens is 1. The minimum Gasteiger partial charge on any atom is -0.459 e. The number of furan rings is 1. The summed E-state index contributed by atoms with van der Waals surface area (Å²) in [7, 11) is 0. The highest BCUT2D eigenvalue weighted by molar-refractivity contribution is 7.15. The lowest BCUT2D eigenvalue weighted by atomic mass is 10.1. The molecule has 2 N–H and O–H groups in total. The summed E-state index contributed by atoms with van der Waals surface area (Å²) in [6.45, 7) is 1.83. The van der Waals surface area contributed by atoms with Gasteiger partial charge in [0.25, 0.3) is 11.8 Å². The van der Waals surface area contributed by atoms with Gasteiger partial charge in [-0.05, 0) is 61.0 Å². The van der Waals surface area contributed by atoms with Crippen LogP contribution in [0.25, 0.3) is 16.2 Å². The first-order valence-electron chi connectivity index (χ1n) is 9.98. The number of amides is 2. The second-order valence-electron chi connectivity index (χ2n) is 7.29. The zero-order valence-electron chi connectivity index (χ0n) is 17.3. The Morgan fingerprint density at radius 1 is 1.06 bits per heavy atom. The van der Waals surface area contributed by atoms with Crippen molar-refractivity contribution in [1.82, 2.24) is 9.38 Å². The molecular weight excluding hydrogens is 443 g/mol. The molecule has 7 nitrogen and oxygen atoms in total. The second kappa shape index (κ2) is 8.36. The number of nitrogens with one attached hydrogen (secondary N) is 2. The van der Waals surface area contributed by atoms with Crippen molar-refractivity contribution in [3.8, 4) is 11.3 Å². The van der Waals surface area contributed by atoms with E-state index < -0.39 is 5.91 Å². The summed E-state index contributed by atoms with van der Waals surface area (Å²) >= 11 is 1.42. The highest BCUT2D eigenvalue weighted by Crippen LogP contribution is 2.31. The van der Waals surface area contributed by atoms with E-state index in [1.54, 1.807) is 53.1 Å². The van der Waals surface area contributed by atoms with E-state index in [9.17, 15) is 14.0 Å². The van der Waals surface area contributed by atoms with Crippen molar-refractivity contribution in [2.75, 3.05) is 10.6 Å². The van der Waals surface area contributed by atoms with Gasteiger partial charge in [0.05, 0.1) is 6.26 Å². The number of nitrogens with zero attached hydrogens (tertiary/aromatic N) is 2. The molecule has 0 atom stereocenters. The van der Waals surface area contributed by atoms with E-state index in [4.69, 9.17) is 4.42 Å². The van der Waals surface area contributed by atoms with E-state index in [0.29, 0.717) is 33.3 Å². The zero-order valence-corrected chi connectivity index (χ0v) is 18.2. The van der Waals surface area contributed by atoms with Crippen molar-refractivity contribution < 1.29 is 18.4 Å². The van der Waals surface area contributed by atoms with Crippen LogP contribution in [0.5, 0.6) is 0 Å². The Hall–Kier alpha value is -4.24. The molecule has 0 saturated heterocycles. The summed E-state index contributed by atoms with van der Waals surface area (Å²) in [6, 6.07) is 14.2. The number of thiazole rings is 1. The first-order valence-corrected chi connectivity index (χ1v) is 10.9. The van der Waals surface area contributed by atoms with Crippen molar-refractivity contribution in [2.24, 2.45) is 0 Å². The third-order valence-corrected chi connectivity index (χ3v) is 5.86. The molecule has 0 aliphatic carbocycles. The fraction of sp³-hybridized carbons (Fsp3) is 0.0417. The van der Waals surface area contributed by atoms with Gasteiger partial charge in [-0.15, -0.1) is 11.3 Å². The Bertz CT molecular complexity index is 1470. The maximum absolute atomic E-state index is 13.4. The number of rotatable bonds is 5. The van der Waals surface area contributed by atoms with E-state index in [1.807, 2.05) is 12.3 Å². The van der Waals surface area contributed by atoms with Crippen molar-refractivity contribution in [2.45, 2.75) is 6.92 Å². The molecule has 9 heteroatoms. The minimum absolute atomic E-state index is 0.173. The number of anilines is 2. The molecular formula is C24H17FN4O3S. The SMILES string of the molecule is Cc1ccc(C(=O)Nc2c(-c3ccc(F)cc3)nc3sccn23)cc1NC(=O)c1ccco1. The number of benzene rings is 2. The maximum atomic E-state index is 13.4. The summed E-state index contributed by atoms with van der Waals surface area (Å²) in [6.07, 6.45) is 3.22. The molecule has 0 radical (unpaired) electrons. The van der Waals surface area contributed by atoms with E-state index in [-0.39, 0.29) is 17.5 Å². The molecule has 33 heavy (non-hydrogen) atoms. The van der Waals surface area contributed by atoms with E-state index in [1.165, 1.54) is 29.7 Å². The van der Waals surface area contributed by atoms with Crippen LogP contribution in [0, 0.1) is 12.7 Å². The molecule has 5 rings (SSSR count). The molecule has 2 amide bonds. The molecule has 0 aliphatic heterocycles. The largest absolute Gasteiger partial charge is 0.459 e. The minimum atomic E-state index is -0.407. The lowest BCUT2D eigenvalue weighted by molar-refractivity contribution is 0.0993. The fourth-order valence-electron chi connectivity index (χ4n) is 3.38. The summed E-state index contributed by atoms with van der Waals surface area (Å²) in [5.74, 6) is -0.485. The normalized spacial score (nSPS) is 11.0. The van der Waals surface area contributed by atoms with E-state index in [2.05, 4.69) is 15.6 Å². The second-order valence-corrected chi connectivity index (χ2v) is 8.16. The van der Waals surface area contributed by atoms with Crippen LogP contribution in [-0.4, -0.2) is 21.2 Å². The molecule has 5 aromatic rings. The Morgan fingerprint density at radius 3 is 2.64 bits per heavy atom. The van der Waals surface area contributed by atoms with Crippen molar-refractivity contribution in [1.29, 1.82) is 0 Å². The van der Waals surface area contributed by atoms with Gasteiger partial charge in [-0.3, -0.25) is 14.0 Å². The Balaban J connectivity index is 1.45. The van der Waals surface area contributed by atoms with Crippen LogP contribution < -0.4 is 10.6 Å². The molecule has 2 aromatic carbocycles. The molecule has 0 bridgehead atoms. The summed E-state index contributed by atoms with van der Waals surface area (Å²) in [5.41, 5.74) is 2.86. The van der Waals surface area contributed by atoms with E-state index >= 15 is 0 Å². The molecule has 0 unspecified atom stereocenters. The lowest BCUT2D eigenvalue weighted by Crippen LogP contribution is -2.16. The van der Waals surface area contributed by atoms with Gasteiger partial charge in [0.15, 0.2) is 10.7 Å². The Morgan fingerprint density at radius 2 is 1.88 bits per heavy atom. The number of fused-ring (bicyclic) bond motifs is 1. The highest BCUT2D eigenvalue weighted by Gasteiger charge is 2.19. The number of carbonyl (C=O) groups is 2. The van der Waals surface area contributed by atoms with Crippen LogP contribution in [0.4, 0.5) is 15.9 Å². The predicted octanol–water partition coefficient (Wildman–Crippen LogP) is 5.61. The topological polar surface area (TPSA) is 88.6 Å². The fourth-order valence-corrected chi connectivity index (χ4v) is 4.10. The summed E-state index contributed by atoms with van der Waals surface area (Å²) < 4.78 is 20.3. The average molecular weight is 460 g/mol. The monoisotopic (exact) mass is 460 g/mol. The van der Waals surface area contributed by atoms with Gasteiger partial charge in [0.2, 0.25) is 0 Å². The number of aryl methyl sites for hydroxylation is 1. The van der Waals surface area contributed by atoms with Crippen molar-refractivity contribution >= 4 is 39.6 Å². The van der Waals surface area contributed by atoms with Crippen molar-refractivity contribution in [3.63, 3.8) is 0 Å². The molecule has 3 heterocycles. The number of aromatic nitrogens is 2. The third-order valence-electron chi connectivity index (χ3n) is 5.10. The molecule has 3 aromatic heterocycles. The summed E-state index contributed by atoms with van der Waals surface area (Å²) in [4.78, 5) is 30.8. The van der Waals surface area contributed by atoms with Gasteiger partial charge < -0.3 is 15.1 Å². The van der Waals surface area contributed by atoms with Gasteiger partial charge in [-0.2, -0.15) is 0 Å². The molecule has 0 fully saturated rings. The van der Waals surface area contributed by atoms with Gasteiger partial charge in [-0.1, -0.05) is 6.07 Å². The standard InChI is InChI=1S/C24H17FN4O3S/c1-14-4-5-16(13-18(14)26-23(31)19-3-2-11-32-19)22(30)28-21-20(15-6-8-17(25)9-7-15)27-24-29(21)10-12-33-24/h2-13H,1H3,(H,26,31)(H,28,30). The summed E-state index contributed by atoms with van der Waals surface area (Å²) in [5, 5.41) is 7.55. The Labute approximate surface area is 191 Å². The van der Waals surface area contributed by atoms with Gasteiger partial charge in [-0.25, -0.2) is 9.37 Å². The predicted molar refractivity (Wildman–Crippen MR) is 124 cm³/mol. The maximum Gasteiger partial charge on any atom is 0.291 e. The first kappa shape index (κ1) is 20.7. The van der Waals surface area contributed by atoms with Crippen LogP contribution in [0.2, 0.25) is 0 Å². The highest BCUT2D eigenvalue weighted by atomic mass is 32.1. The molecule has 0 saturated carbocycles. The van der Waals surface area contributed by atoms with Crippen LogP contribution in [0.1, 0.15) is 26.5 Å². The first-order chi connectivity index (χ1) is 16.0. The number of hydrogen-bond donors (Lipinski definition) is 2. The molecule has 164 valence electrons. The zero-order chi connectivity index (χ0) is 22.9. The van der Waals surface area contributed by atoms with E-state index in [0.717, 1.165) is 5.56 Å². The van der Waals surface area contributed by atoms with Gasteiger partial charge in [0, 0.05) is 28.4 Å². The molecule has 0 aliphatic rings. The van der Waals surface area contributed by atoms with Crippen LogP contribution in [0.3, 0.4) is 0 Å². The van der Waals surface area contributed by atoms with Crippen LogP contribution in [-0.2, 0) is 0 Å². The van der Waals surface area contributed by atoms with Crippen LogP contribution in [0.15, 0.2) is 76.9 Å².